The van der Waals surface area contributed by atoms with Crippen molar-refractivity contribution in [2.24, 2.45) is 0 Å². The van der Waals surface area contributed by atoms with E-state index in [-0.39, 0.29) is 19.1 Å². The monoisotopic (exact) mass is 291 g/mol. The van der Waals surface area contributed by atoms with E-state index in [2.05, 4.69) is 5.32 Å². The number of thiophene rings is 1. The van der Waals surface area contributed by atoms with Gasteiger partial charge in [-0.2, -0.15) is 0 Å². The summed E-state index contributed by atoms with van der Waals surface area (Å²) in [5, 5.41) is 4.49. The van der Waals surface area contributed by atoms with Crippen LogP contribution in [0, 0.1) is 0 Å². The second kappa shape index (κ2) is 7.30. The van der Waals surface area contributed by atoms with Gasteiger partial charge < -0.3 is 14.5 Å². The molecule has 2 rings (SSSR count). The van der Waals surface area contributed by atoms with Crippen molar-refractivity contribution in [1.82, 2.24) is 5.32 Å². The van der Waals surface area contributed by atoms with Gasteiger partial charge in [0, 0.05) is 11.0 Å². The van der Waals surface area contributed by atoms with Crippen LogP contribution in [0.4, 0.5) is 0 Å². The molecule has 0 fully saturated rings. The van der Waals surface area contributed by atoms with Crippen LogP contribution in [-0.2, 0) is 20.9 Å². The highest BCUT2D eigenvalue weighted by Crippen LogP contribution is 2.10. The van der Waals surface area contributed by atoms with Gasteiger partial charge in [-0.3, -0.25) is 4.79 Å². The van der Waals surface area contributed by atoms with Gasteiger partial charge in [-0.15, -0.1) is 11.3 Å². The predicted octanol–water partition coefficient (Wildman–Crippen LogP) is 2.21. The molecule has 0 aliphatic carbocycles. The Labute approximate surface area is 119 Å². The van der Waals surface area contributed by atoms with Crippen molar-refractivity contribution in [1.29, 1.82) is 0 Å². The number of hydrogen-bond donors (Lipinski definition) is 1. The second-order valence-electron chi connectivity index (χ2n) is 3.81. The quantitative estimate of drug-likeness (QED) is 0.654. The standard InChI is InChI=1S/C14H13NO4S/c16-13(15-9-11-3-1-7-18-11)10-19-14(17)6-5-12-4-2-8-20-12/h1-8H,9-10H2,(H,15,16). The van der Waals surface area contributed by atoms with Gasteiger partial charge >= 0.3 is 5.97 Å². The number of rotatable bonds is 6. The van der Waals surface area contributed by atoms with Gasteiger partial charge in [0.05, 0.1) is 12.8 Å². The molecule has 0 aliphatic rings. The average molecular weight is 291 g/mol. The van der Waals surface area contributed by atoms with Gasteiger partial charge in [-0.05, 0) is 29.7 Å². The first-order valence-electron chi connectivity index (χ1n) is 5.91. The summed E-state index contributed by atoms with van der Waals surface area (Å²) in [5.74, 6) is -0.284. The second-order valence-corrected chi connectivity index (χ2v) is 4.79. The summed E-state index contributed by atoms with van der Waals surface area (Å²) in [6.45, 7) is -0.0389. The van der Waals surface area contributed by atoms with Crippen molar-refractivity contribution in [3.8, 4) is 0 Å². The molecule has 20 heavy (non-hydrogen) atoms. The minimum atomic E-state index is -0.549. The number of amides is 1. The number of hydrogen-bond acceptors (Lipinski definition) is 5. The van der Waals surface area contributed by atoms with E-state index in [1.807, 2.05) is 17.5 Å². The third-order valence-electron chi connectivity index (χ3n) is 2.31. The molecule has 0 bridgehead atoms. The van der Waals surface area contributed by atoms with Gasteiger partial charge in [0.15, 0.2) is 6.61 Å². The molecule has 2 aromatic heterocycles. The average Bonchev–Trinajstić information content (AvgIpc) is 3.13. The third-order valence-corrected chi connectivity index (χ3v) is 3.15. The summed E-state index contributed by atoms with van der Waals surface area (Å²) < 4.78 is 9.87. The molecule has 1 amide bonds. The van der Waals surface area contributed by atoms with E-state index in [0.29, 0.717) is 5.76 Å². The van der Waals surface area contributed by atoms with Crippen molar-refractivity contribution < 1.29 is 18.7 Å². The smallest absolute Gasteiger partial charge is 0.331 e. The Morgan fingerprint density at radius 3 is 2.95 bits per heavy atom. The summed E-state index contributed by atoms with van der Waals surface area (Å²) >= 11 is 1.51. The molecule has 0 radical (unpaired) electrons. The predicted molar refractivity (Wildman–Crippen MR) is 74.9 cm³/mol. The van der Waals surface area contributed by atoms with Crippen LogP contribution >= 0.6 is 11.3 Å². The minimum absolute atomic E-state index is 0.272. The largest absolute Gasteiger partial charge is 0.467 e. The van der Waals surface area contributed by atoms with Crippen LogP contribution in [0.3, 0.4) is 0 Å². The molecule has 0 saturated heterocycles. The fraction of sp³-hybridized carbons (Fsp3) is 0.143. The molecule has 0 saturated carbocycles. The van der Waals surface area contributed by atoms with Crippen molar-refractivity contribution in [2.45, 2.75) is 6.54 Å². The first-order chi connectivity index (χ1) is 9.74. The molecule has 0 aromatic carbocycles. The van der Waals surface area contributed by atoms with Gasteiger partial charge in [0.2, 0.25) is 0 Å². The van der Waals surface area contributed by atoms with Gasteiger partial charge in [-0.1, -0.05) is 6.07 Å². The highest BCUT2D eigenvalue weighted by atomic mass is 32.1. The Balaban J connectivity index is 1.66. The topological polar surface area (TPSA) is 68.5 Å². The summed E-state index contributed by atoms with van der Waals surface area (Å²) in [6.07, 6.45) is 4.47. The van der Waals surface area contributed by atoms with E-state index in [1.165, 1.54) is 23.7 Å². The van der Waals surface area contributed by atoms with E-state index in [1.54, 1.807) is 18.2 Å². The number of carbonyl (C=O) groups excluding carboxylic acids is 2. The SMILES string of the molecule is O=C(COC(=O)C=Cc1cccs1)NCc1ccco1. The van der Waals surface area contributed by atoms with Crippen LogP contribution in [0.15, 0.2) is 46.4 Å². The molecular formula is C14H13NO4S. The lowest BCUT2D eigenvalue weighted by Crippen LogP contribution is -2.27. The molecule has 1 N–H and O–H groups in total. The summed E-state index contributed by atoms with van der Waals surface area (Å²) in [5.41, 5.74) is 0. The summed E-state index contributed by atoms with van der Waals surface area (Å²) in [6, 6.07) is 7.25. The first kappa shape index (κ1) is 14.1. The summed E-state index contributed by atoms with van der Waals surface area (Å²) in [4.78, 5) is 23.7. The molecule has 5 nitrogen and oxygen atoms in total. The molecule has 6 heteroatoms. The first-order valence-corrected chi connectivity index (χ1v) is 6.79. The zero-order valence-electron chi connectivity index (χ0n) is 10.6. The molecular weight excluding hydrogens is 278 g/mol. The van der Waals surface area contributed by atoms with Crippen molar-refractivity contribution in [3.05, 3.63) is 52.6 Å². The number of esters is 1. The molecule has 2 aromatic rings. The molecule has 2 heterocycles. The lowest BCUT2D eigenvalue weighted by Gasteiger charge is -2.03. The highest BCUT2D eigenvalue weighted by Gasteiger charge is 2.05. The number of furan rings is 1. The van der Waals surface area contributed by atoms with Crippen LogP contribution in [0.1, 0.15) is 10.6 Å². The van der Waals surface area contributed by atoms with Gasteiger partial charge in [0.25, 0.3) is 5.91 Å². The fourth-order valence-corrected chi connectivity index (χ4v) is 1.99. The van der Waals surface area contributed by atoms with Crippen molar-refractivity contribution in [3.63, 3.8) is 0 Å². The lowest BCUT2D eigenvalue weighted by atomic mass is 10.4. The van der Waals surface area contributed by atoms with Crippen LogP contribution in [0.2, 0.25) is 0 Å². The normalized spacial score (nSPS) is 10.6. The molecule has 0 aliphatic heterocycles. The Morgan fingerprint density at radius 2 is 2.25 bits per heavy atom. The minimum Gasteiger partial charge on any atom is -0.467 e. The zero-order chi connectivity index (χ0) is 14.2. The Kier molecular flexibility index (Phi) is 5.14. The van der Waals surface area contributed by atoms with E-state index >= 15 is 0 Å². The fourth-order valence-electron chi connectivity index (χ4n) is 1.37. The summed E-state index contributed by atoms with van der Waals surface area (Å²) in [7, 11) is 0. The van der Waals surface area contributed by atoms with E-state index < -0.39 is 5.97 Å². The zero-order valence-corrected chi connectivity index (χ0v) is 11.4. The van der Waals surface area contributed by atoms with Crippen molar-refractivity contribution in [2.75, 3.05) is 6.61 Å². The van der Waals surface area contributed by atoms with E-state index in [4.69, 9.17) is 9.15 Å². The third kappa shape index (κ3) is 4.74. The van der Waals surface area contributed by atoms with Crippen LogP contribution in [0.5, 0.6) is 0 Å². The number of nitrogens with one attached hydrogen (secondary N) is 1. The molecule has 0 spiro atoms. The lowest BCUT2D eigenvalue weighted by molar-refractivity contribution is -0.143. The van der Waals surface area contributed by atoms with Crippen molar-refractivity contribution >= 4 is 29.3 Å². The van der Waals surface area contributed by atoms with Gasteiger partial charge in [0.1, 0.15) is 5.76 Å². The maximum atomic E-state index is 11.4. The maximum Gasteiger partial charge on any atom is 0.331 e. The Bertz CT molecular complexity index is 572. The molecule has 104 valence electrons. The Hall–Kier alpha value is -2.34. The Morgan fingerprint density at radius 1 is 1.35 bits per heavy atom. The van der Waals surface area contributed by atoms with E-state index in [9.17, 15) is 9.59 Å². The van der Waals surface area contributed by atoms with Crippen LogP contribution < -0.4 is 5.32 Å². The highest BCUT2D eigenvalue weighted by molar-refractivity contribution is 7.10. The van der Waals surface area contributed by atoms with Crippen LogP contribution in [-0.4, -0.2) is 18.5 Å². The van der Waals surface area contributed by atoms with Crippen LogP contribution in [0.25, 0.3) is 6.08 Å². The van der Waals surface area contributed by atoms with Gasteiger partial charge in [-0.25, -0.2) is 4.79 Å². The number of ether oxygens (including phenoxy) is 1. The number of carbonyl (C=O) groups is 2. The molecule has 0 atom stereocenters. The maximum absolute atomic E-state index is 11.4. The molecule has 0 unspecified atom stereocenters. The van der Waals surface area contributed by atoms with E-state index in [0.717, 1.165) is 4.88 Å².